The van der Waals surface area contributed by atoms with E-state index in [1.54, 1.807) is 0 Å². The molecule has 17 heavy (non-hydrogen) atoms. The summed E-state index contributed by atoms with van der Waals surface area (Å²) in [5.41, 5.74) is 6.80. The molecule has 1 saturated carbocycles. The molecule has 4 heteroatoms. The summed E-state index contributed by atoms with van der Waals surface area (Å²) in [6.07, 6.45) is 5.37. The Bertz CT molecular complexity index is 397. The highest BCUT2D eigenvalue weighted by Gasteiger charge is 2.30. The summed E-state index contributed by atoms with van der Waals surface area (Å²) in [6.45, 7) is 4.15. The Morgan fingerprint density at radius 1 is 1.59 bits per heavy atom. The van der Waals surface area contributed by atoms with Crippen molar-refractivity contribution in [2.45, 2.75) is 51.6 Å². The maximum atomic E-state index is 12.1. The zero-order valence-electron chi connectivity index (χ0n) is 10.6. The van der Waals surface area contributed by atoms with Crippen LogP contribution in [0.5, 0.6) is 0 Å². The van der Waals surface area contributed by atoms with E-state index in [4.69, 9.17) is 5.73 Å². The van der Waals surface area contributed by atoms with Gasteiger partial charge >= 0.3 is 0 Å². The molecule has 2 unspecified atom stereocenters. The van der Waals surface area contributed by atoms with Gasteiger partial charge in [0.05, 0.1) is 12.1 Å². The van der Waals surface area contributed by atoms with Gasteiger partial charge in [0.2, 0.25) is 0 Å². The Balaban J connectivity index is 1.97. The van der Waals surface area contributed by atoms with Crippen LogP contribution in [0.15, 0.2) is 12.3 Å². The number of carbonyl (C=O) groups is 1. The van der Waals surface area contributed by atoms with Crippen molar-refractivity contribution in [1.82, 2.24) is 9.78 Å². The first kappa shape index (κ1) is 12.3. The third kappa shape index (κ3) is 2.75. The lowest BCUT2D eigenvalue weighted by molar-refractivity contribution is -0.122. The summed E-state index contributed by atoms with van der Waals surface area (Å²) in [5, 5.41) is 4.40. The third-order valence-corrected chi connectivity index (χ3v) is 3.53. The third-order valence-electron chi connectivity index (χ3n) is 3.53. The molecule has 2 atom stereocenters. The summed E-state index contributed by atoms with van der Waals surface area (Å²) in [6, 6.07) is 2.33. The number of aromatic nitrogens is 2. The minimum atomic E-state index is 0.0548. The average molecular weight is 235 g/mol. The molecule has 1 heterocycles. The zero-order valence-corrected chi connectivity index (χ0v) is 10.6. The number of hydrogen-bond acceptors (Lipinski definition) is 3. The second-order valence-electron chi connectivity index (χ2n) is 5.23. The van der Waals surface area contributed by atoms with Crippen molar-refractivity contribution in [3.8, 4) is 0 Å². The molecular formula is C13H21N3O. The molecule has 0 saturated heterocycles. The van der Waals surface area contributed by atoms with Gasteiger partial charge in [-0.1, -0.05) is 6.42 Å². The molecule has 0 bridgehead atoms. The van der Waals surface area contributed by atoms with E-state index in [-0.39, 0.29) is 17.7 Å². The number of rotatable bonds is 4. The van der Waals surface area contributed by atoms with Crippen molar-refractivity contribution in [1.29, 1.82) is 0 Å². The minimum absolute atomic E-state index is 0.0548. The van der Waals surface area contributed by atoms with E-state index < -0.39 is 0 Å². The number of hydrogen-bond donors (Lipinski definition) is 1. The Morgan fingerprint density at radius 3 is 2.88 bits per heavy atom. The lowest BCUT2D eigenvalue weighted by Gasteiger charge is -2.12. The topological polar surface area (TPSA) is 60.9 Å². The molecule has 0 aromatic carbocycles. The van der Waals surface area contributed by atoms with Crippen LogP contribution in [0.4, 0.5) is 0 Å². The number of ketones is 1. The fraction of sp³-hybridized carbons (Fsp3) is 0.692. The van der Waals surface area contributed by atoms with Gasteiger partial charge in [0.25, 0.3) is 0 Å². The van der Waals surface area contributed by atoms with Crippen LogP contribution in [-0.2, 0) is 11.2 Å². The van der Waals surface area contributed by atoms with Crippen molar-refractivity contribution >= 4 is 5.78 Å². The predicted octanol–water partition coefficient (Wildman–Crippen LogP) is 1.70. The average Bonchev–Trinajstić information content (AvgIpc) is 2.86. The Labute approximate surface area is 102 Å². The summed E-state index contributed by atoms with van der Waals surface area (Å²) in [4.78, 5) is 12.1. The van der Waals surface area contributed by atoms with Crippen molar-refractivity contribution in [2.24, 2.45) is 11.7 Å². The second-order valence-corrected chi connectivity index (χ2v) is 5.23. The lowest BCUT2D eigenvalue weighted by Crippen LogP contribution is -2.31. The van der Waals surface area contributed by atoms with Gasteiger partial charge in [0, 0.05) is 24.2 Å². The van der Waals surface area contributed by atoms with Crippen LogP contribution in [-0.4, -0.2) is 21.6 Å². The molecule has 0 spiro atoms. The van der Waals surface area contributed by atoms with Gasteiger partial charge in [-0.2, -0.15) is 5.10 Å². The fourth-order valence-corrected chi connectivity index (χ4v) is 2.46. The zero-order chi connectivity index (χ0) is 12.4. The Morgan fingerprint density at radius 2 is 2.35 bits per heavy atom. The first-order valence-corrected chi connectivity index (χ1v) is 6.40. The highest BCUT2D eigenvalue weighted by atomic mass is 16.1. The molecule has 0 radical (unpaired) electrons. The first-order chi connectivity index (χ1) is 8.08. The van der Waals surface area contributed by atoms with Gasteiger partial charge in [0.1, 0.15) is 5.78 Å². The highest BCUT2D eigenvalue weighted by molar-refractivity contribution is 5.83. The second kappa shape index (κ2) is 5.00. The minimum Gasteiger partial charge on any atom is -0.327 e. The van der Waals surface area contributed by atoms with E-state index in [0.717, 1.165) is 25.0 Å². The van der Waals surface area contributed by atoms with E-state index in [0.29, 0.717) is 12.5 Å². The molecular weight excluding hydrogens is 214 g/mol. The monoisotopic (exact) mass is 235 g/mol. The number of Topliss-reactive ketones (excluding diaryl/α,β-unsaturated/α-hetero) is 1. The molecule has 2 rings (SSSR count). The summed E-state index contributed by atoms with van der Waals surface area (Å²) in [5.74, 6) is 0.309. The Kier molecular flexibility index (Phi) is 3.62. The van der Waals surface area contributed by atoms with Crippen molar-refractivity contribution in [3.63, 3.8) is 0 Å². The van der Waals surface area contributed by atoms with Crippen LogP contribution < -0.4 is 5.73 Å². The van der Waals surface area contributed by atoms with E-state index in [1.807, 2.05) is 16.9 Å². The van der Waals surface area contributed by atoms with Crippen LogP contribution in [0.1, 0.15) is 44.8 Å². The van der Waals surface area contributed by atoms with Crippen LogP contribution in [0, 0.1) is 5.92 Å². The molecule has 1 aromatic heterocycles. The SMILES string of the molecule is CC(C)n1ccc(CC(=O)C2CCCC2N)n1. The first-order valence-electron chi connectivity index (χ1n) is 6.40. The smallest absolute Gasteiger partial charge is 0.143 e. The predicted molar refractivity (Wildman–Crippen MR) is 66.6 cm³/mol. The van der Waals surface area contributed by atoms with Gasteiger partial charge in [-0.3, -0.25) is 9.48 Å². The number of carbonyl (C=O) groups excluding carboxylic acids is 1. The maximum absolute atomic E-state index is 12.1. The van der Waals surface area contributed by atoms with E-state index in [1.165, 1.54) is 0 Å². The summed E-state index contributed by atoms with van der Waals surface area (Å²) in [7, 11) is 0. The normalized spacial score (nSPS) is 24.5. The van der Waals surface area contributed by atoms with Crippen molar-refractivity contribution in [2.75, 3.05) is 0 Å². The molecule has 1 aromatic rings. The number of nitrogens with zero attached hydrogens (tertiary/aromatic N) is 2. The summed E-state index contributed by atoms with van der Waals surface area (Å²) < 4.78 is 1.89. The lowest BCUT2D eigenvalue weighted by atomic mass is 9.96. The molecule has 1 aliphatic carbocycles. The van der Waals surface area contributed by atoms with Gasteiger partial charge < -0.3 is 5.73 Å². The van der Waals surface area contributed by atoms with E-state index in [9.17, 15) is 4.79 Å². The largest absolute Gasteiger partial charge is 0.327 e. The van der Waals surface area contributed by atoms with Crippen LogP contribution in [0.3, 0.4) is 0 Å². The maximum Gasteiger partial charge on any atom is 0.143 e. The molecule has 4 nitrogen and oxygen atoms in total. The summed E-state index contributed by atoms with van der Waals surface area (Å²) >= 11 is 0. The molecule has 0 aliphatic heterocycles. The van der Waals surface area contributed by atoms with Gasteiger partial charge in [-0.25, -0.2) is 0 Å². The van der Waals surface area contributed by atoms with E-state index >= 15 is 0 Å². The molecule has 94 valence electrons. The van der Waals surface area contributed by atoms with Gasteiger partial charge in [-0.05, 0) is 32.8 Å². The fourth-order valence-electron chi connectivity index (χ4n) is 2.46. The number of nitrogens with two attached hydrogens (primary N) is 1. The molecule has 1 fully saturated rings. The standard InChI is InChI=1S/C13H21N3O/c1-9(2)16-7-6-10(15-16)8-13(17)11-4-3-5-12(11)14/h6-7,9,11-12H,3-5,8,14H2,1-2H3. The molecule has 1 aliphatic rings. The molecule has 2 N–H and O–H groups in total. The highest BCUT2D eigenvalue weighted by Crippen LogP contribution is 2.25. The van der Waals surface area contributed by atoms with Gasteiger partial charge in [0.15, 0.2) is 0 Å². The van der Waals surface area contributed by atoms with Crippen LogP contribution in [0.25, 0.3) is 0 Å². The van der Waals surface area contributed by atoms with Crippen molar-refractivity contribution < 1.29 is 4.79 Å². The molecule has 0 amide bonds. The van der Waals surface area contributed by atoms with Crippen molar-refractivity contribution in [3.05, 3.63) is 18.0 Å². The Hall–Kier alpha value is -1.16. The van der Waals surface area contributed by atoms with Crippen LogP contribution in [0.2, 0.25) is 0 Å². The van der Waals surface area contributed by atoms with Gasteiger partial charge in [-0.15, -0.1) is 0 Å². The van der Waals surface area contributed by atoms with Crippen LogP contribution >= 0.6 is 0 Å². The van der Waals surface area contributed by atoms with E-state index in [2.05, 4.69) is 18.9 Å². The quantitative estimate of drug-likeness (QED) is 0.864.